The van der Waals surface area contributed by atoms with Crippen LogP contribution >= 0.6 is 0 Å². The van der Waals surface area contributed by atoms with Crippen molar-refractivity contribution in [2.75, 3.05) is 7.11 Å². The number of halogens is 1. The van der Waals surface area contributed by atoms with Gasteiger partial charge in [0.1, 0.15) is 5.82 Å². The number of ether oxygens (including phenoxy) is 1. The molecule has 0 unspecified atom stereocenters. The van der Waals surface area contributed by atoms with Crippen molar-refractivity contribution in [1.82, 2.24) is 0 Å². The maximum absolute atomic E-state index is 12.5. The topological polar surface area (TPSA) is 26.3 Å². The van der Waals surface area contributed by atoms with E-state index in [1.165, 1.54) is 19.2 Å². The van der Waals surface area contributed by atoms with Gasteiger partial charge < -0.3 is 4.74 Å². The number of methoxy groups -OCH3 is 1. The molecule has 14 heavy (non-hydrogen) atoms. The summed E-state index contributed by atoms with van der Waals surface area (Å²) in [6, 6.07) is 5.74. The van der Waals surface area contributed by atoms with Crippen molar-refractivity contribution in [1.29, 1.82) is 0 Å². The number of hydrogen-bond acceptors (Lipinski definition) is 2. The van der Waals surface area contributed by atoms with E-state index in [9.17, 15) is 9.18 Å². The average molecular weight is 194 g/mol. The Labute approximate surface area is 82.7 Å². The van der Waals surface area contributed by atoms with Crippen LogP contribution in [0.15, 0.2) is 24.3 Å². The van der Waals surface area contributed by atoms with E-state index in [0.717, 1.165) is 5.56 Å². The lowest BCUT2D eigenvalue weighted by Crippen LogP contribution is -2.06. The molecule has 1 atom stereocenters. The van der Waals surface area contributed by atoms with E-state index in [1.807, 2.05) is 0 Å². The summed E-state index contributed by atoms with van der Waals surface area (Å²) in [6.45, 7) is 5.70. The highest BCUT2D eigenvalue weighted by molar-refractivity contribution is 5.70. The molecule has 0 saturated carbocycles. The van der Waals surface area contributed by atoms with Crippen molar-refractivity contribution in [2.45, 2.75) is 12.3 Å². The van der Waals surface area contributed by atoms with Crippen molar-refractivity contribution < 1.29 is 13.9 Å². The third kappa shape index (κ3) is 2.83. The number of carbonyl (C=O) groups is 1. The molecule has 0 bridgehead atoms. The number of carbonyl (C=O) groups excluding carboxylic acids is 1. The highest BCUT2D eigenvalue weighted by Gasteiger charge is 2.11. The Balaban J connectivity index is 2.65. The molecule has 0 aliphatic rings. The predicted octanol–water partition coefficient (Wildman–Crippen LogP) is 2.18. The molecule has 0 heterocycles. The normalized spacial score (nSPS) is 12.2. The van der Waals surface area contributed by atoms with Crippen LogP contribution in [0.5, 0.6) is 0 Å². The lowest BCUT2D eigenvalue weighted by molar-refractivity contribution is -0.140. The molecule has 0 N–H and O–H groups in total. The SMILES string of the molecule is [CH][C@H](CC(=O)OC)c1ccc(F)cc1. The minimum absolute atomic E-state index is 0.0993. The fourth-order valence-corrected chi connectivity index (χ4v) is 1.09. The van der Waals surface area contributed by atoms with E-state index < -0.39 is 5.92 Å². The summed E-state index contributed by atoms with van der Waals surface area (Å²) >= 11 is 0. The summed E-state index contributed by atoms with van der Waals surface area (Å²) in [5, 5.41) is 0. The van der Waals surface area contributed by atoms with Crippen molar-refractivity contribution in [3.63, 3.8) is 0 Å². The molecule has 0 aromatic heterocycles. The molecule has 0 aliphatic carbocycles. The van der Waals surface area contributed by atoms with E-state index in [1.54, 1.807) is 12.1 Å². The van der Waals surface area contributed by atoms with Gasteiger partial charge in [0, 0.05) is 0 Å². The zero-order valence-electron chi connectivity index (χ0n) is 7.87. The van der Waals surface area contributed by atoms with Gasteiger partial charge >= 0.3 is 5.97 Å². The first-order valence-electron chi connectivity index (χ1n) is 4.21. The van der Waals surface area contributed by atoms with Gasteiger partial charge in [-0.25, -0.2) is 4.39 Å². The summed E-state index contributed by atoms with van der Waals surface area (Å²) < 4.78 is 17.0. The maximum Gasteiger partial charge on any atom is 0.306 e. The van der Waals surface area contributed by atoms with Crippen LogP contribution in [0.25, 0.3) is 0 Å². The van der Waals surface area contributed by atoms with Gasteiger partial charge in [-0.3, -0.25) is 4.79 Å². The molecule has 1 rings (SSSR count). The zero-order chi connectivity index (χ0) is 10.6. The van der Waals surface area contributed by atoms with Gasteiger partial charge in [0.25, 0.3) is 0 Å². The van der Waals surface area contributed by atoms with Crippen molar-refractivity contribution in [3.8, 4) is 0 Å². The van der Waals surface area contributed by atoms with Crippen molar-refractivity contribution >= 4 is 5.97 Å². The molecule has 2 radical (unpaired) electrons. The summed E-state index contributed by atoms with van der Waals surface area (Å²) in [5.41, 5.74) is 0.719. The van der Waals surface area contributed by atoms with Crippen LogP contribution in [0.1, 0.15) is 17.9 Å². The molecular formula is C11H11FO2. The lowest BCUT2D eigenvalue weighted by Gasteiger charge is -2.09. The molecule has 0 amide bonds. The summed E-state index contributed by atoms with van der Waals surface area (Å²) in [4.78, 5) is 10.9. The largest absolute Gasteiger partial charge is 0.469 e. The van der Waals surface area contributed by atoms with Gasteiger partial charge in [0.15, 0.2) is 0 Å². The fourth-order valence-electron chi connectivity index (χ4n) is 1.09. The zero-order valence-corrected chi connectivity index (χ0v) is 7.87. The van der Waals surface area contributed by atoms with E-state index >= 15 is 0 Å². The quantitative estimate of drug-likeness (QED) is 0.689. The summed E-state index contributed by atoms with van der Waals surface area (Å²) in [6.07, 6.45) is 0.0993. The van der Waals surface area contributed by atoms with Crippen LogP contribution in [0.2, 0.25) is 0 Å². The molecule has 0 spiro atoms. The third-order valence-corrected chi connectivity index (χ3v) is 1.91. The van der Waals surface area contributed by atoms with Crippen molar-refractivity contribution in [2.24, 2.45) is 0 Å². The molecule has 1 aromatic rings. The van der Waals surface area contributed by atoms with Crippen molar-refractivity contribution in [3.05, 3.63) is 42.6 Å². The van der Waals surface area contributed by atoms with E-state index in [0.29, 0.717) is 0 Å². The van der Waals surface area contributed by atoms with Crippen LogP contribution < -0.4 is 0 Å². The van der Waals surface area contributed by atoms with Crippen LogP contribution in [-0.2, 0) is 9.53 Å². The minimum atomic E-state index is -0.442. The molecule has 1 aromatic carbocycles. The van der Waals surface area contributed by atoms with Gasteiger partial charge in [-0.1, -0.05) is 12.1 Å². The predicted molar refractivity (Wildman–Crippen MR) is 50.1 cm³/mol. The van der Waals surface area contributed by atoms with Gasteiger partial charge in [-0.2, -0.15) is 0 Å². The Bertz CT molecular complexity index is 306. The standard InChI is InChI=1S/C11H11FO2/c1-8(7-11(13)14-2)9-3-5-10(12)6-4-9/h1,3-6,8H,7H2,2H3/t8-/m1/s1. The van der Waals surface area contributed by atoms with Crippen LogP contribution in [-0.4, -0.2) is 13.1 Å². The molecule has 74 valence electrons. The van der Waals surface area contributed by atoms with Crippen LogP contribution in [0.4, 0.5) is 4.39 Å². The van der Waals surface area contributed by atoms with E-state index in [2.05, 4.69) is 4.74 Å². The monoisotopic (exact) mass is 194 g/mol. The van der Waals surface area contributed by atoms with Gasteiger partial charge in [0.2, 0.25) is 0 Å². The van der Waals surface area contributed by atoms with Gasteiger partial charge in [-0.05, 0) is 30.5 Å². The molecule has 2 nitrogen and oxygen atoms in total. The molecular weight excluding hydrogens is 183 g/mol. The second kappa shape index (κ2) is 4.74. The molecule has 0 saturated heterocycles. The Hall–Kier alpha value is -1.38. The molecule has 0 aliphatic heterocycles. The highest BCUT2D eigenvalue weighted by atomic mass is 19.1. The number of rotatable bonds is 3. The number of esters is 1. The number of benzene rings is 1. The maximum atomic E-state index is 12.5. The summed E-state index contributed by atoms with van der Waals surface area (Å²) in [5.74, 6) is -1.14. The third-order valence-electron chi connectivity index (χ3n) is 1.91. The van der Waals surface area contributed by atoms with Gasteiger partial charge in [0.05, 0.1) is 13.5 Å². The number of hydrogen-bond donors (Lipinski definition) is 0. The second-order valence-corrected chi connectivity index (χ2v) is 2.94. The lowest BCUT2D eigenvalue weighted by atomic mass is 9.98. The first-order valence-corrected chi connectivity index (χ1v) is 4.21. The van der Waals surface area contributed by atoms with Gasteiger partial charge in [-0.15, -0.1) is 0 Å². The second-order valence-electron chi connectivity index (χ2n) is 2.94. The smallest absolute Gasteiger partial charge is 0.306 e. The molecule has 3 heteroatoms. The van der Waals surface area contributed by atoms with Crippen LogP contribution in [0.3, 0.4) is 0 Å². The molecule has 0 fully saturated rings. The minimum Gasteiger partial charge on any atom is -0.469 e. The average Bonchev–Trinajstić information content (AvgIpc) is 2.18. The van der Waals surface area contributed by atoms with E-state index in [-0.39, 0.29) is 18.2 Å². The Kier molecular flexibility index (Phi) is 3.63. The first kappa shape index (κ1) is 10.7. The Morgan fingerprint density at radius 3 is 2.57 bits per heavy atom. The van der Waals surface area contributed by atoms with E-state index in [4.69, 9.17) is 6.92 Å². The van der Waals surface area contributed by atoms with Crippen LogP contribution in [0, 0.1) is 12.7 Å². The Morgan fingerprint density at radius 2 is 2.07 bits per heavy atom. The fraction of sp³-hybridized carbons (Fsp3) is 0.273. The summed E-state index contributed by atoms with van der Waals surface area (Å²) in [7, 11) is 1.31. The Morgan fingerprint density at radius 1 is 1.50 bits per heavy atom. The highest BCUT2D eigenvalue weighted by Crippen LogP contribution is 2.18. The first-order chi connectivity index (χ1) is 6.63.